The zero-order chi connectivity index (χ0) is 18.5. The first-order chi connectivity index (χ1) is 13.1. The number of halogens is 1. The van der Waals surface area contributed by atoms with Gasteiger partial charge in [0.15, 0.2) is 11.6 Å². The predicted molar refractivity (Wildman–Crippen MR) is 110 cm³/mol. The third-order valence-corrected chi connectivity index (χ3v) is 5.62. The fourth-order valence-electron chi connectivity index (χ4n) is 3.83. The summed E-state index contributed by atoms with van der Waals surface area (Å²) in [6, 6.07) is 24.7. The summed E-state index contributed by atoms with van der Waals surface area (Å²) in [6.07, 6.45) is 0. The van der Waals surface area contributed by atoms with Crippen molar-refractivity contribution in [3.8, 4) is 11.1 Å². The van der Waals surface area contributed by atoms with Crippen LogP contribution in [0.25, 0.3) is 21.9 Å². The molecule has 0 spiro atoms. The Labute approximate surface area is 164 Å². The standard InChI is InChI=1S/C24H13BrO2/c25-15-11-9-14(10-12-15)20-13-21-22(17-6-2-1-5-16(17)20)24(27)19-8-4-3-7-18(19)23(21)26/h1-13H. The Morgan fingerprint density at radius 1 is 0.556 bits per heavy atom. The van der Waals surface area contributed by atoms with Crippen LogP contribution < -0.4 is 0 Å². The molecule has 0 heterocycles. The summed E-state index contributed by atoms with van der Waals surface area (Å²) >= 11 is 3.46. The number of carbonyl (C=O) groups excluding carboxylic acids is 2. The van der Waals surface area contributed by atoms with Crippen molar-refractivity contribution in [2.45, 2.75) is 0 Å². The van der Waals surface area contributed by atoms with Gasteiger partial charge in [-0.15, -0.1) is 0 Å². The number of ketones is 2. The lowest BCUT2D eigenvalue weighted by Crippen LogP contribution is -2.21. The molecule has 1 aliphatic carbocycles. The van der Waals surface area contributed by atoms with Crippen molar-refractivity contribution in [1.82, 2.24) is 0 Å². The average molecular weight is 413 g/mol. The van der Waals surface area contributed by atoms with E-state index in [-0.39, 0.29) is 11.6 Å². The van der Waals surface area contributed by atoms with Crippen molar-refractivity contribution in [3.05, 3.63) is 106 Å². The molecule has 2 nitrogen and oxygen atoms in total. The summed E-state index contributed by atoms with van der Waals surface area (Å²) < 4.78 is 0.994. The van der Waals surface area contributed by atoms with Gasteiger partial charge < -0.3 is 0 Å². The highest BCUT2D eigenvalue weighted by Gasteiger charge is 2.31. The molecule has 3 heteroatoms. The van der Waals surface area contributed by atoms with Crippen LogP contribution in [-0.2, 0) is 0 Å². The molecule has 0 aromatic heterocycles. The van der Waals surface area contributed by atoms with E-state index in [2.05, 4.69) is 15.9 Å². The van der Waals surface area contributed by atoms with Crippen LogP contribution in [0.4, 0.5) is 0 Å². The molecule has 128 valence electrons. The maximum absolute atomic E-state index is 13.2. The molecule has 5 rings (SSSR count). The number of benzene rings is 4. The average Bonchev–Trinajstić information content (AvgIpc) is 2.71. The lowest BCUT2D eigenvalue weighted by atomic mass is 9.79. The maximum Gasteiger partial charge on any atom is 0.195 e. The zero-order valence-corrected chi connectivity index (χ0v) is 15.8. The molecular formula is C24H13BrO2. The maximum atomic E-state index is 13.2. The highest BCUT2D eigenvalue weighted by molar-refractivity contribution is 9.10. The van der Waals surface area contributed by atoms with E-state index in [1.54, 1.807) is 24.3 Å². The molecular weight excluding hydrogens is 400 g/mol. The van der Waals surface area contributed by atoms with Gasteiger partial charge in [-0.25, -0.2) is 0 Å². The molecule has 0 aliphatic heterocycles. The number of rotatable bonds is 1. The first-order valence-corrected chi connectivity index (χ1v) is 9.44. The largest absolute Gasteiger partial charge is 0.289 e. The number of hydrogen-bond acceptors (Lipinski definition) is 2. The summed E-state index contributed by atoms with van der Waals surface area (Å²) in [5.41, 5.74) is 3.92. The monoisotopic (exact) mass is 412 g/mol. The molecule has 0 saturated heterocycles. The third-order valence-electron chi connectivity index (χ3n) is 5.09. The van der Waals surface area contributed by atoms with Gasteiger partial charge in [-0.2, -0.15) is 0 Å². The molecule has 0 bridgehead atoms. The number of hydrogen-bond donors (Lipinski definition) is 0. The van der Waals surface area contributed by atoms with Crippen molar-refractivity contribution in [2.24, 2.45) is 0 Å². The summed E-state index contributed by atoms with van der Waals surface area (Å²) in [4.78, 5) is 26.4. The summed E-state index contributed by atoms with van der Waals surface area (Å²) in [7, 11) is 0. The molecule has 0 unspecified atom stereocenters. The van der Waals surface area contributed by atoms with E-state index in [4.69, 9.17) is 0 Å². The van der Waals surface area contributed by atoms with Gasteiger partial charge in [0.2, 0.25) is 0 Å². The van der Waals surface area contributed by atoms with E-state index in [1.807, 2.05) is 54.6 Å². The van der Waals surface area contributed by atoms with Crippen LogP contribution in [0.3, 0.4) is 0 Å². The molecule has 0 fully saturated rings. The molecule has 0 atom stereocenters. The van der Waals surface area contributed by atoms with Crippen molar-refractivity contribution in [1.29, 1.82) is 0 Å². The number of carbonyl (C=O) groups is 2. The van der Waals surface area contributed by atoms with E-state index < -0.39 is 0 Å². The highest BCUT2D eigenvalue weighted by Crippen LogP contribution is 2.38. The molecule has 0 radical (unpaired) electrons. The van der Waals surface area contributed by atoms with Crippen LogP contribution in [0.2, 0.25) is 0 Å². The van der Waals surface area contributed by atoms with Crippen molar-refractivity contribution >= 4 is 38.3 Å². The van der Waals surface area contributed by atoms with Gasteiger partial charge in [-0.3, -0.25) is 9.59 Å². The van der Waals surface area contributed by atoms with E-state index >= 15 is 0 Å². The molecule has 4 aromatic rings. The third kappa shape index (κ3) is 2.39. The summed E-state index contributed by atoms with van der Waals surface area (Å²) in [6.45, 7) is 0. The van der Waals surface area contributed by atoms with Crippen LogP contribution in [0.15, 0.2) is 83.3 Å². The normalized spacial score (nSPS) is 12.8. The first-order valence-electron chi connectivity index (χ1n) is 8.65. The Hall–Kier alpha value is -3.04. The van der Waals surface area contributed by atoms with Gasteiger partial charge >= 0.3 is 0 Å². The van der Waals surface area contributed by atoms with E-state index in [0.29, 0.717) is 22.3 Å². The molecule has 0 saturated carbocycles. The molecule has 1 aliphatic rings. The van der Waals surface area contributed by atoms with Crippen LogP contribution in [0, 0.1) is 0 Å². The Bertz CT molecular complexity index is 1250. The van der Waals surface area contributed by atoms with Crippen LogP contribution >= 0.6 is 15.9 Å². The Morgan fingerprint density at radius 3 is 1.85 bits per heavy atom. The highest BCUT2D eigenvalue weighted by atomic mass is 79.9. The van der Waals surface area contributed by atoms with Gasteiger partial charge in [0.05, 0.1) is 0 Å². The SMILES string of the molecule is O=C1c2ccccc2C(=O)c2c1cc(-c1ccc(Br)cc1)c1ccccc21. The second kappa shape index (κ2) is 6.00. The molecule has 0 N–H and O–H groups in total. The quantitative estimate of drug-likeness (QED) is 0.336. The van der Waals surface area contributed by atoms with Crippen molar-refractivity contribution < 1.29 is 9.59 Å². The van der Waals surface area contributed by atoms with E-state index in [1.165, 1.54) is 0 Å². The molecule has 27 heavy (non-hydrogen) atoms. The Balaban J connectivity index is 1.88. The first kappa shape index (κ1) is 16.2. The minimum Gasteiger partial charge on any atom is -0.289 e. The zero-order valence-electron chi connectivity index (χ0n) is 14.2. The minimum atomic E-state index is -0.0932. The van der Waals surface area contributed by atoms with Gasteiger partial charge in [-0.1, -0.05) is 76.6 Å². The van der Waals surface area contributed by atoms with Crippen molar-refractivity contribution in [2.75, 3.05) is 0 Å². The Kier molecular flexibility index (Phi) is 3.59. The topological polar surface area (TPSA) is 34.1 Å². The van der Waals surface area contributed by atoms with Gasteiger partial charge in [0, 0.05) is 26.7 Å². The van der Waals surface area contributed by atoms with Gasteiger partial charge in [0.1, 0.15) is 0 Å². The summed E-state index contributed by atoms with van der Waals surface area (Å²) in [5, 5.41) is 1.79. The smallest absolute Gasteiger partial charge is 0.195 e. The second-order valence-electron chi connectivity index (χ2n) is 6.60. The fraction of sp³-hybridized carbons (Fsp3) is 0. The van der Waals surface area contributed by atoms with E-state index in [0.717, 1.165) is 26.4 Å². The van der Waals surface area contributed by atoms with Crippen LogP contribution in [0.5, 0.6) is 0 Å². The molecule has 0 amide bonds. The van der Waals surface area contributed by atoms with Crippen molar-refractivity contribution in [3.63, 3.8) is 0 Å². The van der Waals surface area contributed by atoms with Crippen LogP contribution in [-0.4, -0.2) is 11.6 Å². The van der Waals surface area contributed by atoms with Crippen LogP contribution in [0.1, 0.15) is 31.8 Å². The fourth-order valence-corrected chi connectivity index (χ4v) is 4.09. The molecule has 4 aromatic carbocycles. The summed E-state index contributed by atoms with van der Waals surface area (Å²) in [5.74, 6) is -0.178. The van der Waals surface area contributed by atoms with Gasteiger partial charge in [0.25, 0.3) is 0 Å². The number of fused-ring (bicyclic) bond motifs is 4. The van der Waals surface area contributed by atoms with Gasteiger partial charge in [-0.05, 0) is 40.1 Å². The second-order valence-corrected chi connectivity index (χ2v) is 7.52. The predicted octanol–water partition coefficient (Wildman–Crippen LogP) is 6.04. The lowest BCUT2D eigenvalue weighted by Gasteiger charge is -2.21. The lowest BCUT2D eigenvalue weighted by molar-refractivity contribution is 0.0980. The minimum absolute atomic E-state index is 0.0845. The Morgan fingerprint density at radius 2 is 1.15 bits per heavy atom. The van der Waals surface area contributed by atoms with E-state index in [9.17, 15) is 9.59 Å².